The molecule has 0 unspecified atom stereocenters. The van der Waals surface area contributed by atoms with Gasteiger partial charge in [0, 0.05) is 17.7 Å². The van der Waals surface area contributed by atoms with E-state index in [2.05, 4.69) is 10.2 Å². The largest absolute Gasteiger partial charge is 0.495 e. The molecule has 0 saturated heterocycles. The van der Waals surface area contributed by atoms with Crippen LogP contribution in [-0.4, -0.2) is 26.8 Å². The van der Waals surface area contributed by atoms with Crippen molar-refractivity contribution in [1.29, 1.82) is 0 Å². The van der Waals surface area contributed by atoms with Crippen molar-refractivity contribution in [2.45, 2.75) is 0 Å². The van der Waals surface area contributed by atoms with E-state index in [4.69, 9.17) is 17.0 Å². The van der Waals surface area contributed by atoms with Crippen LogP contribution in [-0.2, 0) is 0 Å². The minimum atomic E-state index is -0.446. The van der Waals surface area contributed by atoms with E-state index >= 15 is 0 Å². The molecule has 23 heavy (non-hydrogen) atoms. The first-order valence-electron chi connectivity index (χ1n) is 6.67. The summed E-state index contributed by atoms with van der Waals surface area (Å²) in [5, 5.41) is 17.9. The monoisotopic (exact) mass is 328 g/mol. The molecule has 1 N–H and O–H groups in total. The second-order valence-corrected chi connectivity index (χ2v) is 5.05. The Morgan fingerprint density at radius 2 is 2.04 bits per heavy atom. The predicted molar refractivity (Wildman–Crippen MR) is 87.4 cm³/mol. The second-order valence-electron chi connectivity index (χ2n) is 4.67. The third-order valence-electron chi connectivity index (χ3n) is 3.31. The fraction of sp³-hybridized carbons (Fsp3) is 0.0667. The van der Waals surface area contributed by atoms with Crippen LogP contribution < -0.4 is 4.74 Å². The van der Waals surface area contributed by atoms with Crippen LogP contribution in [0.5, 0.6) is 5.75 Å². The van der Waals surface area contributed by atoms with Crippen LogP contribution in [0.3, 0.4) is 0 Å². The molecule has 1 heterocycles. The minimum Gasteiger partial charge on any atom is -0.495 e. The van der Waals surface area contributed by atoms with Crippen molar-refractivity contribution in [1.82, 2.24) is 14.8 Å². The van der Waals surface area contributed by atoms with Gasteiger partial charge in [0.05, 0.1) is 17.7 Å². The highest BCUT2D eigenvalue weighted by molar-refractivity contribution is 7.71. The number of nitro benzene ring substituents is 1. The van der Waals surface area contributed by atoms with Crippen LogP contribution in [0.4, 0.5) is 5.69 Å². The lowest BCUT2D eigenvalue weighted by molar-refractivity contribution is -0.384. The van der Waals surface area contributed by atoms with Crippen molar-refractivity contribution in [3.8, 4) is 22.8 Å². The zero-order valence-corrected chi connectivity index (χ0v) is 12.9. The minimum absolute atomic E-state index is 0.0111. The summed E-state index contributed by atoms with van der Waals surface area (Å²) in [5.41, 5.74) is 1.27. The summed E-state index contributed by atoms with van der Waals surface area (Å²) >= 11 is 5.30. The van der Waals surface area contributed by atoms with E-state index in [1.165, 1.54) is 12.1 Å². The summed E-state index contributed by atoms with van der Waals surface area (Å²) in [5.74, 6) is 1.10. The van der Waals surface area contributed by atoms with E-state index in [1.54, 1.807) is 29.9 Å². The van der Waals surface area contributed by atoms with Gasteiger partial charge in [-0.25, -0.2) is 0 Å². The number of rotatable bonds is 4. The van der Waals surface area contributed by atoms with Gasteiger partial charge in [0.1, 0.15) is 5.75 Å². The quantitative estimate of drug-likeness (QED) is 0.450. The van der Waals surface area contributed by atoms with Crippen molar-refractivity contribution < 1.29 is 9.66 Å². The van der Waals surface area contributed by atoms with Gasteiger partial charge in [-0.3, -0.25) is 19.8 Å². The Labute approximate surface area is 136 Å². The molecular weight excluding hydrogens is 316 g/mol. The number of methoxy groups -OCH3 is 1. The molecule has 0 amide bonds. The van der Waals surface area contributed by atoms with E-state index in [9.17, 15) is 10.1 Å². The lowest BCUT2D eigenvalue weighted by Crippen LogP contribution is -2.01. The second kappa shape index (κ2) is 6.01. The van der Waals surface area contributed by atoms with Gasteiger partial charge in [-0.05, 0) is 24.4 Å². The summed E-state index contributed by atoms with van der Waals surface area (Å²) < 4.78 is 7.42. The smallest absolute Gasteiger partial charge is 0.270 e. The topological polar surface area (TPSA) is 86.0 Å². The first-order chi connectivity index (χ1) is 11.1. The molecular formula is C15H12N4O3S. The highest BCUT2D eigenvalue weighted by Crippen LogP contribution is 2.29. The molecule has 1 aromatic heterocycles. The number of para-hydroxylation sites is 2. The number of hydrogen-bond acceptors (Lipinski definition) is 5. The molecule has 3 rings (SSSR count). The predicted octanol–water partition coefficient (Wildman–Crippen LogP) is 3.51. The average Bonchev–Trinajstić information content (AvgIpc) is 2.96. The zero-order valence-electron chi connectivity index (χ0n) is 12.1. The van der Waals surface area contributed by atoms with Crippen molar-refractivity contribution in [3.63, 3.8) is 0 Å². The van der Waals surface area contributed by atoms with Gasteiger partial charge in [0.25, 0.3) is 5.69 Å². The molecule has 2 aromatic carbocycles. The van der Waals surface area contributed by atoms with Crippen molar-refractivity contribution in [2.75, 3.05) is 7.11 Å². The Balaban J connectivity index is 2.22. The van der Waals surface area contributed by atoms with Crippen LogP contribution in [0.1, 0.15) is 0 Å². The molecule has 116 valence electrons. The Bertz CT molecular complexity index is 932. The maximum absolute atomic E-state index is 11.0. The van der Waals surface area contributed by atoms with E-state index in [-0.39, 0.29) is 5.69 Å². The number of aromatic nitrogens is 3. The van der Waals surface area contributed by atoms with Crippen molar-refractivity contribution in [2.24, 2.45) is 0 Å². The van der Waals surface area contributed by atoms with E-state index in [1.807, 2.05) is 18.2 Å². The Kier molecular flexibility index (Phi) is 3.90. The number of H-pyrrole nitrogens is 1. The lowest BCUT2D eigenvalue weighted by atomic mass is 10.2. The van der Waals surface area contributed by atoms with Gasteiger partial charge in [-0.2, -0.15) is 5.10 Å². The van der Waals surface area contributed by atoms with Gasteiger partial charge in [-0.15, -0.1) is 0 Å². The standard InChI is InChI=1S/C15H12N4O3S/c1-22-13-8-3-2-7-12(13)18-14(16-17-15(18)23)10-5-4-6-11(9-10)19(20)21/h2-9H,1H3,(H,17,23). The van der Waals surface area contributed by atoms with Gasteiger partial charge >= 0.3 is 0 Å². The molecule has 8 heteroatoms. The number of nitro groups is 1. The van der Waals surface area contributed by atoms with Crippen LogP contribution in [0.2, 0.25) is 0 Å². The SMILES string of the molecule is COc1ccccc1-n1c(-c2cccc([N+](=O)[O-])c2)n[nH]c1=S. The number of nitrogens with zero attached hydrogens (tertiary/aromatic N) is 3. The van der Waals surface area contributed by atoms with E-state index in [0.717, 1.165) is 0 Å². The molecule has 0 saturated carbocycles. The summed E-state index contributed by atoms with van der Waals surface area (Å²) in [6.45, 7) is 0. The van der Waals surface area contributed by atoms with Gasteiger partial charge < -0.3 is 4.74 Å². The molecule has 0 spiro atoms. The third kappa shape index (κ3) is 2.71. The molecule has 7 nitrogen and oxygen atoms in total. The number of nitrogens with one attached hydrogen (secondary N) is 1. The third-order valence-corrected chi connectivity index (χ3v) is 3.59. The maximum atomic E-state index is 11.0. The molecule has 3 aromatic rings. The zero-order chi connectivity index (χ0) is 16.4. The summed E-state index contributed by atoms with van der Waals surface area (Å²) in [7, 11) is 1.57. The van der Waals surface area contributed by atoms with Crippen LogP contribution >= 0.6 is 12.2 Å². The highest BCUT2D eigenvalue weighted by atomic mass is 32.1. The first-order valence-corrected chi connectivity index (χ1v) is 7.08. The Hall–Kier alpha value is -3.00. The number of ether oxygens (including phenoxy) is 1. The van der Waals surface area contributed by atoms with Gasteiger partial charge in [-0.1, -0.05) is 24.3 Å². The van der Waals surface area contributed by atoms with Gasteiger partial charge in [0.2, 0.25) is 0 Å². The molecule has 0 atom stereocenters. The van der Waals surface area contributed by atoms with Crippen molar-refractivity contribution in [3.05, 3.63) is 63.4 Å². The number of benzene rings is 2. The van der Waals surface area contributed by atoms with E-state index in [0.29, 0.717) is 27.6 Å². The number of hydrogen-bond donors (Lipinski definition) is 1. The number of aromatic amines is 1. The summed E-state index contributed by atoms with van der Waals surface area (Å²) in [6, 6.07) is 13.6. The molecule has 0 radical (unpaired) electrons. The molecule has 0 aliphatic rings. The summed E-state index contributed by atoms with van der Waals surface area (Å²) in [4.78, 5) is 10.5. The maximum Gasteiger partial charge on any atom is 0.270 e. The summed E-state index contributed by atoms with van der Waals surface area (Å²) in [6.07, 6.45) is 0. The van der Waals surface area contributed by atoms with Crippen LogP contribution in [0, 0.1) is 14.9 Å². The molecule has 0 aliphatic heterocycles. The van der Waals surface area contributed by atoms with Crippen LogP contribution in [0.15, 0.2) is 48.5 Å². The van der Waals surface area contributed by atoms with Crippen LogP contribution in [0.25, 0.3) is 17.1 Å². The van der Waals surface area contributed by atoms with E-state index < -0.39 is 4.92 Å². The fourth-order valence-electron chi connectivity index (χ4n) is 2.29. The molecule has 0 bridgehead atoms. The molecule has 0 aliphatic carbocycles. The molecule has 0 fully saturated rings. The highest BCUT2D eigenvalue weighted by Gasteiger charge is 2.16. The Morgan fingerprint density at radius 1 is 1.26 bits per heavy atom. The normalized spacial score (nSPS) is 10.5. The lowest BCUT2D eigenvalue weighted by Gasteiger charge is -2.11. The first kappa shape index (κ1) is 14.9. The van der Waals surface area contributed by atoms with Gasteiger partial charge in [0.15, 0.2) is 10.6 Å². The fourth-order valence-corrected chi connectivity index (χ4v) is 2.52. The van der Waals surface area contributed by atoms with Crippen molar-refractivity contribution >= 4 is 17.9 Å². The Morgan fingerprint density at radius 3 is 2.78 bits per heavy atom. The number of non-ortho nitro benzene ring substituents is 1. The average molecular weight is 328 g/mol.